The maximum atomic E-state index is 13.4. The molecule has 3 aromatic rings. The number of unbranched alkanes of at least 4 members (excludes halogenated alkanes) is 2. The minimum absolute atomic E-state index is 0.0469. The Hall–Kier alpha value is -3.28. The number of rotatable bonds is 9. The van der Waals surface area contributed by atoms with Crippen LogP contribution in [0.5, 0.6) is 11.5 Å². The van der Waals surface area contributed by atoms with E-state index < -0.39 is 0 Å². The number of H-pyrrole nitrogens is 1. The lowest BCUT2D eigenvalue weighted by molar-refractivity contribution is 0.0741. The van der Waals surface area contributed by atoms with Crippen molar-refractivity contribution in [2.24, 2.45) is 0 Å². The first kappa shape index (κ1) is 22.9. The number of nitrogens with one attached hydrogen (secondary N) is 1. The lowest BCUT2D eigenvalue weighted by Gasteiger charge is -2.26. The predicted molar refractivity (Wildman–Crippen MR) is 130 cm³/mol. The molecule has 1 atom stereocenters. The summed E-state index contributed by atoms with van der Waals surface area (Å²) < 4.78 is 5.83. The van der Waals surface area contributed by atoms with Gasteiger partial charge in [0.2, 0.25) is 0 Å². The number of hydrogen-bond acceptors (Lipinski definition) is 4. The molecule has 6 heteroatoms. The van der Waals surface area contributed by atoms with E-state index in [-0.39, 0.29) is 17.7 Å². The number of amides is 1. The van der Waals surface area contributed by atoms with E-state index in [1.54, 1.807) is 0 Å². The maximum absolute atomic E-state index is 13.4. The molecule has 1 aliphatic rings. The maximum Gasteiger partial charge on any atom is 0.273 e. The molecule has 33 heavy (non-hydrogen) atoms. The number of phenols is 1. The van der Waals surface area contributed by atoms with E-state index in [9.17, 15) is 9.90 Å². The molecule has 4 rings (SSSR count). The van der Waals surface area contributed by atoms with Crippen LogP contribution in [0, 0.1) is 13.8 Å². The number of ether oxygens (including phenoxy) is 1. The van der Waals surface area contributed by atoms with Crippen LogP contribution in [0.4, 0.5) is 0 Å². The average molecular weight is 448 g/mol. The molecule has 2 heterocycles. The average Bonchev–Trinajstić information content (AvgIpc) is 3.34. The third-order valence-electron chi connectivity index (χ3n) is 6.28. The summed E-state index contributed by atoms with van der Waals surface area (Å²) in [4.78, 5) is 15.3. The van der Waals surface area contributed by atoms with Crippen LogP contribution >= 0.6 is 0 Å². The highest BCUT2D eigenvalue weighted by atomic mass is 16.5. The van der Waals surface area contributed by atoms with E-state index in [2.05, 4.69) is 24.0 Å². The summed E-state index contributed by atoms with van der Waals surface area (Å²) in [5, 5.41) is 18.3. The van der Waals surface area contributed by atoms with Crippen LogP contribution in [-0.2, 0) is 0 Å². The van der Waals surface area contributed by atoms with Crippen LogP contribution in [0.25, 0.3) is 11.3 Å². The molecule has 0 bridgehead atoms. The van der Waals surface area contributed by atoms with Crippen molar-refractivity contribution in [2.45, 2.75) is 59.4 Å². The third kappa shape index (κ3) is 4.34. The topological polar surface area (TPSA) is 78.5 Å². The summed E-state index contributed by atoms with van der Waals surface area (Å²) in [5.74, 6) is 0.985. The van der Waals surface area contributed by atoms with Gasteiger partial charge in [-0.05, 0) is 61.6 Å². The number of carbonyl (C=O) groups is 1. The second-order valence-electron chi connectivity index (χ2n) is 8.86. The van der Waals surface area contributed by atoms with Crippen molar-refractivity contribution in [1.29, 1.82) is 0 Å². The Kier molecular flexibility index (Phi) is 6.72. The van der Waals surface area contributed by atoms with Crippen molar-refractivity contribution in [3.8, 4) is 22.8 Å². The highest BCUT2D eigenvalue weighted by Crippen LogP contribution is 2.45. The smallest absolute Gasteiger partial charge is 0.273 e. The Labute approximate surface area is 195 Å². The van der Waals surface area contributed by atoms with Gasteiger partial charge < -0.3 is 14.7 Å². The van der Waals surface area contributed by atoms with Gasteiger partial charge in [0.05, 0.1) is 12.6 Å². The van der Waals surface area contributed by atoms with Gasteiger partial charge in [-0.25, -0.2) is 0 Å². The molecule has 174 valence electrons. The first-order valence-electron chi connectivity index (χ1n) is 11.9. The van der Waals surface area contributed by atoms with Crippen molar-refractivity contribution >= 4 is 5.91 Å². The summed E-state index contributed by atoms with van der Waals surface area (Å²) >= 11 is 0. The summed E-state index contributed by atoms with van der Waals surface area (Å²) in [6.45, 7) is 9.50. The number of aryl methyl sites for hydroxylation is 2. The van der Waals surface area contributed by atoms with E-state index in [1.165, 1.54) is 0 Å². The molecule has 1 unspecified atom stereocenters. The van der Waals surface area contributed by atoms with Crippen LogP contribution in [0.3, 0.4) is 0 Å². The molecule has 1 amide bonds. The van der Waals surface area contributed by atoms with Gasteiger partial charge in [-0.15, -0.1) is 0 Å². The predicted octanol–water partition coefficient (Wildman–Crippen LogP) is 5.92. The quantitative estimate of drug-likeness (QED) is 0.399. The fraction of sp³-hybridized carbons (Fsp3) is 0.407. The van der Waals surface area contributed by atoms with E-state index >= 15 is 0 Å². The molecule has 0 spiro atoms. The van der Waals surface area contributed by atoms with E-state index in [0.717, 1.165) is 53.7 Å². The molecule has 0 radical (unpaired) electrons. The van der Waals surface area contributed by atoms with Crippen molar-refractivity contribution in [3.05, 3.63) is 64.3 Å². The largest absolute Gasteiger partial charge is 0.507 e. The highest BCUT2D eigenvalue weighted by Gasteiger charge is 2.42. The number of aromatic amines is 1. The van der Waals surface area contributed by atoms with Crippen LogP contribution in [0.2, 0.25) is 0 Å². The van der Waals surface area contributed by atoms with E-state index in [1.807, 2.05) is 55.1 Å². The molecule has 2 N–H and O–H groups in total. The van der Waals surface area contributed by atoms with Gasteiger partial charge in [-0.2, -0.15) is 5.10 Å². The van der Waals surface area contributed by atoms with Gasteiger partial charge in [-0.1, -0.05) is 44.9 Å². The van der Waals surface area contributed by atoms with Crippen LogP contribution in [0.1, 0.15) is 78.3 Å². The zero-order valence-corrected chi connectivity index (χ0v) is 19.9. The Morgan fingerprint density at radius 3 is 2.52 bits per heavy atom. The summed E-state index contributed by atoms with van der Waals surface area (Å²) in [6.07, 6.45) is 4.02. The lowest BCUT2D eigenvalue weighted by Crippen LogP contribution is -2.30. The normalized spacial score (nSPS) is 15.2. The molecule has 1 aliphatic heterocycles. The Morgan fingerprint density at radius 1 is 1.09 bits per heavy atom. The second-order valence-corrected chi connectivity index (χ2v) is 8.86. The first-order valence-corrected chi connectivity index (χ1v) is 11.9. The number of aromatic nitrogens is 2. The Morgan fingerprint density at radius 2 is 1.82 bits per heavy atom. The lowest BCUT2D eigenvalue weighted by atomic mass is 9.94. The van der Waals surface area contributed by atoms with Gasteiger partial charge >= 0.3 is 0 Å². The molecular weight excluding hydrogens is 414 g/mol. The first-order chi connectivity index (χ1) is 16.0. The Balaban J connectivity index is 1.78. The summed E-state index contributed by atoms with van der Waals surface area (Å²) in [7, 11) is 0. The molecule has 1 aromatic heterocycles. The summed E-state index contributed by atoms with van der Waals surface area (Å²) in [6, 6.07) is 11.6. The molecule has 0 saturated heterocycles. The summed E-state index contributed by atoms with van der Waals surface area (Å²) in [5.41, 5.74) is 5.46. The Bertz CT molecular complexity index is 1130. The standard InChI is InChI=1S/C27H33N3O3/c1-5-7-13-30-25(19-9-11-20(12-10-19)33-14-8-6-2)22-23(28-29-24(22)27(30)32)21-16-17(3)15-18(4)26(21)31/h9-12,15-16,25,31H,5-8,13-14H2,1-4H3,(H,28,29). The number of benzene rings is 2. The number of aromatic hydroxyl groups is 1. The number of carbonyl (C=O) groups excluding carboxylic acids is 1. The molecular formula is C27H33N3O3. The molecule has 6 nitrogen and oxygen atoms in total. The van der Waals surface area contributed by atoms with Crippen molar-refractivity contribution in [2.75, 3.05) is 13.2 Å². The van der Waals surface area contributed by atoms with Gasteiger partial charge in [-0.3, -0.25) is 9.89 Å². The SMILES string of the molecule is CCCCOc1ccc(C2c3c(-c4cc(C)cc(C)c4O)n[nH]c3C(=O)N2CCCC)cc1. The monoisotopic (exact) mass is 447 g/mol. The van der Waals surface area contributed by atoms with E-state index in [0.29, 0.717) is 30.1 Å². The van der Waals surface area contributed by atoms with Gasteiger partial charge in [0.1, 0.15) is 22.9 Å². The molecule has 0 aliphatic carbocycles. The van der Waals surface area contributed by atoms with Crippen molar-refractivity contribution in [3.63, 3.8) is 0 Å². The van der Waals surface area contributed by atoms with Crippen molar-refractivity contribution < 1.29 is 14.6 Å². The number of nitrogens with zero attached hydrogens (tertiary/aromatic N) is 2. The minimum atomic E-state index is -0.266. The highest BCUT2D eigenvalue weighted by molar-refractivity contribution is 6.00. The van der Waals surface area contributed by atoms with Crippen LogP contribution < -0.4 is 4.74 Å². The van der Waals surface area contributed by atoms with Gasteiger partial charge in [0.15, 0.2) is 0 Å². The number of phenolic OH excluding ortho intramolecular Hbond substituents is 1. The fourth-order valence-corrected chi connectivity index (χ4v) is 4.53. The third-order valence-corrected chi connectivity index (χ3v) is 6.28. The van der Waals surface area contributed by atoms with Gasteiger partial charge in [0, 0.05) is 17.7 Å². The molecule has 0 saturated carbocycles. The minimum Gasteiger partial charge on any atom is -0.507 e. The molecule has 2 aromatic carbocycles. The van der Waals surface area contributed by atoms with Crippen molar-refractivity contribution in [1.82, 2.24) is 15.1 Å². The van der Waals surface area contributed by atoms with Crippen LogP contribution in [0.15, 0.2) is 36.4 Å². The number of hydrogen-bond donors (Lipinski definition) is 2. The van der Waals surface area contributed by atoms with E-state index in [4.69, 9.17) is 4.74 Å². The zero-order valence-electron chi connectivity index (χ0n) is 19.9. The zero-order chi connectivity index (χ0) is 23.5. The molecule has 0 fully saturated rings. The second kappa shape index (κ2) is 9.69. The van der Waals surface area contributed by atoms with Crippen LogP contribution in [-0.4, -0.2) is 39.3 Å². The van der Waals surface area contributed by atoms with Gasteiger partial charge in [0.25, 0.3) is 5.91 Å². The fourth-order valence-electron chi connectivity index (χ4n) is 4.53. The number of fused-ring (bicyclic) bond motifs is 1.